The molecule has 1 aromatic carbocycles. The Morgan fingerprint density at radius 2 is 2.13 bits per heavy atom. The van der Waals surface area contributed by atoms with Crippen LogP contribution in [0, 0.1) is 11.7 Å². The van der Waals surface area contributed by atoms with E-state index in [2.05, 4.69) is 5.32 Å². The zero-order chi connectivity index (χ0) is 17.1. The number of carboxylic acids is 1. The Hall–Kier alpha value is -2.44. The van der Waals surface area contributed by atoms with Crippen LogP contribution in [0.25, 0.3) is 0 Å². The Morgan fingerprint density at radius 1 is 1.43 bits per heavy atom. The normalized spacial score (nSPS) is 16.7. The van der Waals surface area contributed by atoms with Gasteiger partial charge in [0.05, 0.1) is 5.92 Å². The number of halogens is 1. The number of nitrogens with one attached hydrogen (secondary N) is 1. The van der Waals surface area contributed by atoms with Crippen molar-refractivity contribution < 1.29 is 23.9 Å². The predicted octanol–water partition coefficient (Wildman–Crippen LogP) is 1.82. The second kappa shape index (κ2) is 6.76. The second-order valence-electron chi connectivity index (χ2n) is 6.04. The van der Waals surface area contributed by atoms with Crippen LogP contribution in [0.2, 0.25) is 0 Å². The minimum absolute atomic E-state index is 0.0777. The number of hydrogen-bond acceptors (Lipinski definition) is 3. The van der Waals surface area contributed by atoms with Gasteiger partial charge in [-0.3, -0.25) is 14.4 Å². The minimum Gasteiger partial charge on any atom is -0.480 e. The van der Waals surface area contributed by atoms with E-state index in [-0.39, 0.29) is 30.5 Å². The van der Waals surface area contributed by atoms with Crippen molar-refractivity contribution in [3.8, 4) is 0 Å². The van der Waals surface area contributed by atoms with Gasteiger partial charge >= 0.3 is 5.97 Å². The van der Waals surface area contributed by atoms with Crippen LogP contribution in [0.15, 0.2) is 18.2 Å². The Labute approximate surface area is 133 Å². The monoisotopic (exact) mass is 322 g/mol. The molecule has 2 rings (SSSR count). The summed E-state index contributed by atoms with van der Waals surface area (Å²) in [6, 6.07) is 3.85. The number of carbonyl (C=O) groups excluding carboxylic acids is 2. The largest absolute Gasteiger partial charge is 0.480 e. The molecule has 0 aliphatic carbocycles. The molecule has 1 atom stereocenters. The van der Waals surface area contributed by atoms with E-state index in [1.807, 2.05) is 13.8 Å². The summed E-state index contributed by atoms with van der Waals surface area (Å²) in [5.74, 6) is -3.15. The van der Waals surface area contributed by atoms with E-state index in [1.165, 1.54) is 17.0 Å². The number of nitrogens with zero attached hydrogens (tertiary/aromatic N) is 1. The number of fused-ring (bicyclic) bond motifs is 1. The standard InChI is InChI=1S/C16H19FN2O4/c1-9(2)7-19(8-15(21)22)16(23)12-6-14(20)18-13-5-10(17)3-4-11(12)13/h3-5,9,12H,6-8H2,1-2H3,(H,18,20)(H,21,22). The molecule has 1 aliphatic heterocycles. The summed E-state index contributed by atoms with van der Waals surface area (Å²) in [6.07, 6.45) is -0.0777. The third-order valence-corrected chi connectivity index (χ3v) is 3.58. The summed E-state index contributed by atoms with van der Waals surface area (Å²) in [6.45, 7) is 3.60. The molecule has 0 radical (unpaired) electrons. The molecule has 0 saturated heterocycles. The van der Waals surface area contributed by atoms with Gasteiger partial charge in [-0.05, 0) is 23.6 Å². The van der Waals surface area contributed by atoms with E-state index in [9.17, 15) is 18.8 Å². The molecule has 2 amide bonds. The van der Waals surface area contributed by atoms with Crippen LogP contribution in [-0.2, 0) is 14.4 Å². The van der Waals surface area contributed by atoms with Crippen molar-refractivity contribution in [2.45, 2.75) is 26.2 Å². The molecule has 7 heteroatoms. The van der Waals surface area contributed by atoms with Crippen molar-refractivity contribution >= 4 is 23.5 Å². The zero-order valence-electron chi connectivity index (χ0n) is 13.0. The van der Waals surface area contributed by atoms with Gasteiger partial charge in [0.15, 0.2) is 0 Å². The summed E-state index contributed by atoms with van der Waals surface area (Å²) in [4.78, 5) is 36.8. The van der Waals surface area contributed by atoms with Crippen LogP contribution >= 0.6 is 0 Å². The zero-order valence-corrected chi connectivity index (χ0v) is 13.0. The van der Waals surface area contributed by atoms with Crippen LogP contribution in [0.5, 0.6) is 0 Å². The van der Waals surface area contributed by atoms with Crippen molar-refractivity contribution in [3.63, 3.8) is 0 Å². The lowest BCUT2D eigenvalue weighted by molar-refractivity contribution is -0.145. The Bertz CT molecular complexity index is 645. The predicted molar refractivity (Wildman–Crippen MR) is 81.4 cm³/mol. The number of carbonyl (C=O) groups is 3. The van der Waals surface area contributed by atoms with Crippen LogP contribution in [-0.4, -0.2) is 40.9 Å². The summed E-state index contributed by atoms with van der Waals surface area (Å²) >= 11 is 0. The molecule has 1 aromatic rings. The third kappa shape index (κ3) is 4.06. The SMILES string of the molecule is CC(C)CN(CC(=O)O)C(=O)C1CC(=O)Nc2cc(F)ccc21. The van der Waals surface area contributed by atoms with E-state index >= 15 is 0 Å². The first-order valence-corrected chi connectivity index (χ1v) is 7.37. The van der Waals surface area contributed by atoms with Crippen LogP contribution in [0.4, 0.5) is 10.1 Å². The van der Waals surface area contributed by atoms with Crippen LogP contribution in [0.1, 0.15) is 31.7 Å². The van der Waals surface area contributed by atoms with Gasteiger partial charge in [-0.15, -0.1) is 0 Å². The number of amides is 2. The highest BCUT2D eigenvalue weighted by Gasteiger charge is 2.34. The Balaban J connectivity index is 2.33. The van der Waals surface area contributed by atoms with Gasteiger partial charge in [0.2, 0.25) is 11.8 Å². The van der Waals surface area contributed by atoms with Crippen molar-refractivity contribution in [2.24, 2.45) is 5.92 Å². The van der Waals surface area contributed by atoms with Gasteiger partial charge in [-0.25, -0.2) is 4.39 Å². The quantitative estimate of drug-likeness (QED) is 0.866. The van der Waals surface area contributed by atoms with E-state index in [1.54, 1.807) is 0 Å². The molecule has 0 spiro atoms. The van der Waals surface area contributed by atoms with Crippen molar-refractivity contribution in [3.05, 3.63) is 29.6 Å². The lowest BCUT2D eigenvalue weighted by Gasteiger charge is -2.30. The molecule has 1 unspecified atom stereocenters. The fourth-order valence-corrected chi connectivity index (χ4v) is 2.71. The summed E-state index contributed by atoms with van der Waals surface area (Å²) in [5.41, 5.74) is 0.773. The molecule has 124 valence electrons. The highest BCUT2D eigenvalue weighted by atomic mass is 19.1. The molecular formula is C16H19FN2O4. The molecule has 23 heavy (non-hydrogen) atoms. The summed E-state index contributed by atoms with van der Waals surface area (Å²) in [7, 11) is 0. The number of aliphatic carboxylic acids is 1. The molecule has 1 heterocycles. The first-order valence-electron chi connectivity index (χ1n) is 7.37. The fourth-order valence-electron chi connectivity index (χ4n) is 2.71. The minimum atomic E-state index is -1.11. The number of anilines is 1. The van der Waals surface area contributed by atoms with Crippen molar-refractivity contribution in [2.75, 3.05) is 18.4 Å². The molecule has 0 aromatic heterocycles. The average molecular weight is 322 g/mol. The number of rotatable bonds is 5. The van der Waals surface area contributed by atoms with Gasteiger partial charge in [-0.2, -0.15) is 0 Å². The first-order chi connectivity index (χ1) is 10.8. The first kappa shape index (κ1) is 16.9. The van der Waals surface area contributed by atoms with E-state index in [0.717, 1.165) is 6.07 Å². The highest BCUT2D eigenvalue weighted by Crippen LogP contribution is 2.34. The lowest BCUT2D eigenvalue weighted by atomic mass is 9.89. The van der Waals surface area contributed by atoms with Gasteiger partial charge in [0.25, 0.3) is 0 Å². The smallest absolute Gasteiger partial charge is 0.323 e. The van der Waals surface area contributed by atoms with Crippen molar-refractivity contribution in [1.29, 1.82) is 0 Å². The van der Waals surface area contributed by atoms with Gasteiger partial charge < -0.3 is 15.3 Å². The van der Waals surface area contributed by atoms with Crippen LogP contribution < -0.4 is 5.32 Å². The van der Waals surface area contributed by atoms with Gasteiger partial charge in [-0.1, -0.05) is 19.9 Å². The molecule has 0 saturated carbocycles. The Morgan fingerprint density at radius 3 is 2.74 bits per heavy atom. The molecule has 0 fully saturated rings. The summed E-state index contributed by atoms with van der Waals surface area (Å²) in [5, 5.41) is 11.5. The summed E-state index contributed by atoms with van der Waals surface area (Å²) < 4.78 is 13.3. The lowest BCUT2D eigenvalue weighted by Crippen LogP contribution is -2.43. The Kier molecular flexibility index (Phi) is 4.98. The maximum absolute atomic E-state index is 13.3. The number of carboxylic acid groups (broad SMARTS) is 1. The maximum atomic E-state index is 13.3. The molecule has 1 aliphatic rings. The van der Waals surface area contributed by atoms with Crippen molar-refractivity contribution in [1.82, 2.24) is 4.90 Å². The highest BCUT2D eigenvalue weighted by molar-refractivity contribution is 6.01. The number of hydrogen-bond donors (Lipinski definition) is 2. The average Bonchev–Trinajstić information content (AvgIpc) is 2.43. The molecule has 2 N–H and O–H groups in total. The van der Waals surface area contributed by atoms with E-state index < -0.39 is 30.2 Å². The van der Waals surface area contributed by atoms with Gasteiger partial charge in [0, 0.05) is 18.7 Å². The topological polar surface area (TPSA) is 86.7 Å². The molecule has 0 bridgehead atoms. The van der Waals surface area contributed by atoms with E-state index in [4.69, 9.17) is 5.11 Å². The molecular weight excluding hydrogens is 303 g/mol. The second-order valence-corrected chi connectivity index (χ2v) is 6.04. The molecule has 6 nitrogen and oxygen atoms in total. The van der Waals surface area contributed by atoms with Gasteiger partial charge in [0.1, 0.15) is 12.4 Å². The number of benzene rings is 1. The van der Waals surface area contributed by atoms with Crippen LogP contribution in [0.3, 0.4) is 0 Å². The fraction of sp³-hybridized carbons (Fsp3) is 0.438. The van der Waals surface area contributed by atoms with E-state index in [0.29, 0.717) is 5.56 Å². The maximum Gasteiger partial charge on any atom is 0.323 e. The third-order valence-electron chi connectivity index (χ3n) is 3.58.